The number of hydrogen-bond donors (Lipinski definition) is 3. The molecular formula is C14H16N4O2. The second-order valence-corrected chi connectivity index (χ2v) is 4.16. The fourth-order valence-corrected chi connectivity index (χ4v) is 1.67. The number of nitrogens with zero attached hydrogens (tertiary/aromatic N) is 2. The van der Waals surface area contributed by atoms with Crippen molar-refractivity contribution in [2.24, 2.45) is 0 Å². The molecule has 6 heteroatoms. The van der Waals surface area contributed by atoms with Crippen LogP contribution < -0.4 is 10.6 Å². The zero-order chi connectivity index (χ0) is 14.4. The van der Waals surface area contributed by atoms with Crippen LogP contribution in [0.25, 0.3) is 0 Å². The number of aliphatic hydroxyl groups excluding tert-OH is 1. The van der Waals surface area contributed by atoms with Crippen LogP contribution in [0, 0.1) is 0 Å². The number of aromatic nitrogens is 2. The van der Waals surface area contributed by atoms with Crippen molar-refractivity contribution in [1.29, 1.82) is 0 Å². The molecule has 2 rings (SSSR count). The van der Waals surface area contributed by atoms with Gasteiger partial charge in [0.1, 0.15) is 11.5 Å². The SMILES string of the molecule is CNc1cncc(C(=O)Nc2ccc(CCO)cc2)n1. The summed E-state index contributed by atoms with van der Waals surface area (Å²) in [7, 11) is 1.71. The molecular weight excluding hydrogens is 256 g/mol. The van der Waals surface area contributed by atoms with Crippen molar-refractivity contribution in [3.05, 3.63) is 47.9 Å². The number of benzene rings is 1. The molecule has 0 aliphatic rings. The van der Waals surface area contributed by atoms with Gasteiger partial charge in [-0.05, 0) is 24.1 Å². The predicted molar refractivity (Wildman–Crippen MR) is 76.8 cm³/mol. The van der Waals surface area contributed by atoms with Crippen molar-refractivity contribution in [1.82, 2.24) is 9.97 Å². The van der Waals surface area contributed by atoms with Crippen LogP contribution >= 0.6 is 0 Å². The second kappa shape index (κ2) is 6.63. The van der Waals surface area contributed by atoms with E-state index < -0.39 is 0 Å². The fourth-order valence-electron chi connectivity index (χ4n) is 1.67. The highest BCUT2D eigenvalue weighted by Gasteiger charge is 2.08. The summed E-state index contributed by atoms with van der Waals surface area (Å²) in [6.07, 6.45) is 3.56. The molecule has 2 aromatic rings. The Labute approximate surface area is 116 Å². The molecule has 0 fully saturated rings. The van der Waals surface area contributed by atoms with E-state index in [2.05, 4.69) is 20.6 Å². The van der Waals surface area contributed by atoms with Crippen molar-refractivity contribution in [3.63, 3.8) is 0 Å². The number of carbonyl (C=O) groups is 1. The molecule has 1 amide bonds. The molecule has 0 aliphatic carbocycles. The summed E-state index contributed by atoms with van der Waals surface area (Å²) in [6, 6.07) is 7.31. The van der Waals surface area contributed by atoms with Gasteiger partial charge < -0.3 is 15.7 Å². The van der Waals surface area contributed by atoms with Crippen molar-refractivity contribution in [3.8, 4) is 0 Å². The third-order valence-electron chi connectivity index (χ3n) is 2.74. The van der Waals surface area contributed by atoms with Gasteiger partial charge >= 0.3 is 0 Å². The van der Waals surface area contributed by atoms with Gasteiger partial charge in [0.05, 0.1) is 12.4 Å². The Morgan fingerprint density at radius 1 is 1.25 bits per heavy atom. The van der Waals surface area contributed by atoms with Crippen LogP contribution in [-0.4, -0.2) is 34.6 Å². The first kappa shape index (κ1) is 14.0. The van der Waals surface area contributed by atoms with Gasteiger partial charge in [-0.3, -0.25) is 9.78 Å². The molecule has 1 heterocycles. The highest BCUT2D eigenvalue weighted by Crippen LogP contribution is 2.11. The van der Waals surface area contributed by atoms with Crippen molar-refractivity contribution < 1.29 is 9.90 Å². The van der Waals surface area contributed by atoms with Gasteiger partial charge in [-0.1, -0.05) is 12.1 Å². The van der Waals surface area contributed by atoms with Crippen LogP contribution in [0.15, 0.2) is 36.7 Å². The first-order valence-corrected chi connectivity index (χ1v) is 6.24. The minimum atomic E-state index is -0.315. The van der Waals surface area contributed by atoms with E-state index in [4.69, 9.17) is 5.11 Å². The van der Waals surface area contributed by atoms with Crippen LogP contribution in [0.2, 0.25) is 0 Å². The lowest BCUT2D eigenvalue weighted by Crippen LogP contribution is -2.14. The van der Waals surface area contributed by atoms with E-state index in [-0.39, 0.29) is 18.2 Å². The van der Waals surface area contributed by atoms with Crippen LogP contribution in [0.3, 0.4) is 0 Å². The summed E-state index contributed by atoms with van der Waals surface area (Å²) in [5.41, 5.74) is 1.94. The number of aliphatic hydroxyl groups is 1. The molecule has 0 saturated heterocycles. The van der Waals surface area contributed by atoms with E-state index in [0.717, 1.165) is 5.56 Å². The highest BCUT2D eigenvalue weighted by molar-refractivity contribution is 6.02. The molecule has 6 nitrogen and oxygen atoms in total. The number of rotatable bonds is 5. The third-order valence-corrected chi connectivity index (χ3v) is 2.74. The van der Waals surface area contributed by atoms with E-state index in [0.29, 0.717) is 17.9 Å². The van der Waals surface area contributed by atoms with Crippen molar-refractivity contribution in [2.45, 2.75) is 6.42 Å². The van der Waals surface area contributed by atoms with Gasteiger partial charge in [0.2, 0.25) is 0 Å². The van der Waals surface area contributed by atoms with E-state index >= 15 is 0 Å². The van der Waals surface area contributed by atoms with Gasteiger partial charge in [0.25, 0.3) is 5.91 Å². The van der Waals surface area contributed by atoms with Crippen molar-refractivity contribution >= 4 is 17.4 Å². The number of nitrogens with one attached hydrogen (secondary N) is 2. The predicted octanol–water partition coefficient (Wildman–Crippen LogP) is 1.31. The van der Waals surface area contributed by atoms with Crippen LogP contribution in [-0.2, 0) is 6.42 Å². The minimum absolute atomic E-state index is 0.109. The van der Waals surface area contributed by atoms with E-state index in [9.17, 15) is 4.79 Å². The molecule has 104 valence electrons. The normalized spacial score (nSPS) is 10.1. The van der Waals surface area contributed by atoms with E-state index in [1.165, 1.54) is 6.20 Å². The van der Waals surface area contributed by atoms with Crippen LogP contribution in [0.1, 0.15) is 16.1 Å². The number of hydrogen-bond acceptors (Lipinski definition) is 5. The maximum absolute atomic E-state index is 12.0. The molecule has 1 aromatic heterocycles. The molecule has 3 N–H and O–H groups in total. The summed E-state index contributed by atoms with van der Waals surface area (Å²) in [6.45, 7) is 0.109. The molecule has 0 atom stereocenters. The Morgan fingerprint density at radius 3 is 2.65 bits per heavy atom. The molecule has 0 aliphatic heterocycles. The van der Waals surface area contributed by atoms with Gasteiger partial charge in [-0.2, -0.15) is 0 Å². The van der Waals surface area contributed by atoms with Gasteiger partial charge in [0, 0.05) is 19.3 Å². The number of carbonyl (C=O) groups excluding carboxylic acids is 1. The Balaban J connectivity index is 2.06. The fraction of sp³-hybridized carbons (Fsp3) is 0.214. The largest absolute Gasteiger partial charge is 0.396 e. The van der Waals surface area contributed by atoms with Crippen LogP contribution in [0.4, 0.5) is 11.5 Å². The monoisotopic (exact) mass is 272 g/mol. The molecule has 0 spiro atoms. The number of anilines is 2. The molecule has 0 bridgehead atoms. The molecule has 0 unspecified atom stereocenters. The molecule has 0 radical (unpaired) electrons. The summed E-state index contributed by atoms with van der Waals surface area (Å²) < 4.78 is 0. The Kier molecular flexibility index (Phi) is 4.62. The van der Waals surface area contributed by atoms with E-state index in [1.54, 1.807) is 25.4 Å². The summed E-state index contributed by atoms with van der Waals surface area (Å²) in [5, 5.41) is 14.4. The second-order valence-electron chi connectivity index (χ2n) is 4.16. The Bertz CT molecular complexity index is 584. The first-order chi connectivity index (χ1) is 9.72. The summed E-state index contributed by atoms with van der Waals surface area (Å²) in [5.74, 6) is 0.223. The van der Waals surface area contributed by atoms with Crippen molar-refractivity contribution in [2.75, 3.05) is 24.3 Å². The third kappa shape index (κ3) is 3.52. The van der Waals surface area contributed by atoms with E-state index in [1.807, 2.05) is 12.1 Å². The Hall–Kier alpha value is -2.47. The first-order valence-electron chi connectivity index (χ1n) is 6.24. The summed E-state index contributed by atoms with van der Waals surface area (Å²) >= 11 is 0. The Morgan fingerprint density at radius 2 is 2.00 bits per heavy atom. The quantitative estimate of drug-likeness (QED) is 0.763. The average Bonchev–Trinajstić information content (AvgIpc) is 2.49. The van der Waals surface area contributed by atoms with Gasteiger partial charge in [-0.15, -0.1) is 0 Å². The minimum Gasteiger partial charge on any atom is -0.396 e. The zero-order valence-corrected chi connectivity index (χ0v) is 11.1. The van der Waals surface area contributed by atoms with Gasteiger partial charge in [-0.25, -0.2) is 4.98 Å². The molecule has 1 aromatic carbocycles. The smallest absolute Gasteiger partial charge is 0.275 e. The number of amides is 1. The molecule has 0 saturated carbocycles. The maximum atomic E-state index is 12.0. The molecule has 20 heavy (non-hydrogen) atoms. The lowest BCUT2D eigenvalue weighted by molar-refractivity contribution is 0.102. The topological polar surface area (TPSA) is 87.1 Å². The lowest BCUT2D eigenvalue weighted by Gasteiger charge is -2.06. The average molecular weight is 272 g/mol. The zero-order valence-electron chi connectivity index (χ0n) is 11.1. The highest BCUT2D eigenvalue weighted by atomic mass is 16.2. The van der Waals surface area contributed by atoms with Gasteiger partial charge in [0.15, 0.2) is 0 Å². The van der Waals surface area contributed by atoms with Crippen LogP contribution in [0.5, 0.6) is 0 Å². The lowest BCUT2D eigenvalue weighted by atomic mass is 10.1. The summed E-state index contributed by atoms with van der Waals surface area (Å²) in [4.78, 5) is 20.1. The standard InChI is InChI=1S/C14H16N4O2/c1-15-13-9-16-8-12(18-13)14(20)17-11-4-2-10(3-5-11)6-7-19/h2-5,8-9,19H,6-7H2,1H3,(H,15,18)(H,17,20). The maximum Gasteiger partial charge on any atom is 0.275 e.